The highest BCUT2D eigenvalue weighted by Crippen LogP contribution is 2.32. The molecular weight excluding hydrogens is 360 g/mol. The molecule has 0 bridgehead atoms. The van der Waals surface area contributed by atoms with Gasteiger partial charge in [0.2, 0.25) is 9.84 Å². The second-order valence-electron chi connectivity index (χ2n) is 5.40. The second kappa shape index (κ2) is 8.38. The third-order valence-electron chi connectivity index (χ3n) is 3.77. The van der Waals surface area contributed by atoms with Gasteiger partial charge in [0.05, 0.1) is 17.0 Å². The zero-order valence-corrected chi connectivity index (χ0v) is 15.9. The number of hydrogen-bond donors (Lipinski definition) is 1. The molecule has 3 rings (SSSR count). The number of aromatic nitrogens is 1. The van der Waals surface area contributed by atoms with Crippen LogP contribution in [-0.2, 0) is 16.9 Å². The van der Waals surface area contributed by atoms with Gasteiger partial charge in [-0.25, -0.2) is 8.42 Å². The maximum atomic E-state index is 12.9. The summed E-state index contributed by atoms with van der Waals surface area (Å²) in [6.45, 7) is 2.64. The van der Waals surface area contributed by atoms with Crippen molar-refractivity contribution in [1.29, 1.82) is 0 Å². The summed E-state index contributed by atoms with van der Waals surface area (Å²) in [5.74, 6) is 0.710. The summed E-state index contributed by atoms with van der Waals surface area (Å²) in [4.78, 5) is 0.293. The van der Waals surface area contributed by atoms with Crippen LogP contribution in [0.3, 0.4) is 0 Å². The number of halogens is 1. The van der Waals surface area contributed by atoms with E-state index in [4.69, 9.17) is 4.74 Å². The largest absolute Gasteiger partial charge is 0.491 e. The zero-order chi connectivity index (χ0) is 16.4. The first-order valence-electron chi connectivity index (χ1n) is 7.57. The number of sulfone groups is 1. The molecule has 1 heterocycles. The highest BCUT2D eigenvalue weighted by Gasteiger charge is 2.23. The smallest absolute Gasteiger partial charge is 0.222 e. The normalized spacial score (nSPS) is 10.8. The van der Waals surface area contributed by atoms with Crippen LogP contribution in [0.4, 0.5) is 0 Å². The van der Waals surface area contributed by atoms with Gasteiger partial charge in [0.1, 0.15) is 10.8 Å². The van der Waals surface area contributed by atoms with E-state index in [0.717, 1.165) is 17.3 Å². The lowest BCUT2D eigenvalue weighted by Crippen LogP contribution is -2.07. The van der Waals surface area contributed by atoms with E-state index in [9.17, 15) is 8.42 Å². The van der Waals surface area contributed by atoms with Gasteiger partial charge in [-0.3, -0.25) is 0 Å². The molecule has 0 fully saturated rings. The number of aryl methyl sites for hydroxylation is 1. The average molecular weight is 383 g/mol. The van der Waals surface area contributed by atoms with Gasteiger partial charge in [-0.1, -0.05) is 37.3 Å². The minimum atomic E-state index is -3.56. The van der Waals surface area contributed by atoms with Gasteiger partial charge >= 0.3 is 0 Å². The molecule has 0 saturated carbocycles. The van der Waals surface area contributed by atoms with E-state index in [1.54, 1.807) is 48.0 Å². The maximum absolute atomic E-state index is 12.9. The van der Waals surface area contributed by atoms with Crippen LogP contribution in [-0.4, -0.2) is 19.6 Å². The summed E-state index contributed by atoms with van der Waals surface area (Å²) < 4.78 is 33.2. The third-order valence-corrected chi connectivity index (χ3v) is 5.60. The van der Waals surface area contributed by atoms with Crippen LogP contribution in [0.15, 0.2) is 64.5 Å². The van der Waals surface area contributed by atoms with Gasteiger partial charge < -0.3 is 15.5 Å². The fourth-order valence-electron chi connectivity index (χ4n) is 2.66. The van der Waals surface area contributed by atoms with Crippen molar-refractivity contribution in [3.05, 3.63) is 54.6 Å². The maximum Gasteiger partial charge on any atom is 0.222 e. The molecule has 0 aliphatic rings. The highest BCUT2D eigenvalue weighted by atomic mass is 35.5. The van der Waals surface area contributed by atoms with Gasteiger partial charge in [0.25, 0.3) is 0 Å². The number of ether oxygens (including phenoxy) is 1. The summed E-state index contributed by atoms with van der Waals surface area (Å²) in [7, 11) is -1.80. The van der Waals surface area contributed by atoms with E-state index in [1.807, 2.05) is 25.1 Å². The topological polar surface area (TPSA) is 83.3 Å². The summed E-state index contributed by atoms with van der Waals surface area (Å²) in [6, 6.07) is 15.8. The van der Waals surface area contributed by atoms with Crippen LogP contribution in [0, 0.1) is 0 Å². The van der Waals surface area contributed by atoms with Gasteiger partial charge in [0, 0.05) is 12.4 Å². The molecule has 0 aliphatic carbocycles. The second-order valence-corrected chi connectivity index (χ2v) is 7.30. The molecule has 3 N–H and O–H groups in total. The lowest BCUT2D eigenvalue weighted by molar-refractivity contribution is 0.320. The fourth-order valence-corrected chi connectivity index (χ4v) is 4.15. The van der Waals surface area contributed by atoms with Crippen LogP contribution in [0.25, 0.3) is 10.9 Å². The molecule has 0 unspecified atom stereocenters. The molecule has 3 aromatic rings. The van der Waals surface area contributed by atoms with Crippen molar-refractivity contribution in [2.75, 3.05) is 6.61 Å². The Morgan fingerprint density at radius 2 is 1.72 bits per heavy atom. The van der Waals surface area contributed by atoms with Crippen LogP contribution in [0.5, 0.6) is 5.75 Å². The van der Waals surface area contributed by atoms with Crippen LogP contribution < -0.4 is 10.9 Å². The molecule has 0 spiro atoms. The molecule has 0 amide bonds. The van der Waals surface area contributed by atoms with Crippen molar-refractivity contribution in [3.8, 4) is 5.75 Å². The number of hydrogen-bond acceptors (Lipinski definition) is 4. The number of benzene rings is 2. The summed E-state index contributed by atoms with van der Waals surface area (Å²) in [6.07, 6.45) is 0.899. The molecule has 0 aliphatic heterocycles. The molecule has 136 valence electrons. The molecule has 0 saturated heterocycles. The molecule has 5 nitrogen and oxygen atoms in total. The molecular formula is C18H23ClN2O3S. The van der Waals surface area contributed by atoms with Crippen LogP contribution in [0.1, 0.15) is 13.3 Å². The Labute approximate surface area is 154 Å². The van der Waals surface area contributed by atoms with E-state index in [-0.39, 0.29) is 23.6 Å². The van der Waals surface area contributed by atoms with E-state index >= 15 is 0 Å². The average Bonchev–Trinajstić information content (AvgIpc) is 2.92. The van der Waals surface area contributed by atoms with Crippen molar-refractivity contribution in [1.82, 2.24) is 10.7 Å². The lowest BCUT2D eigenvalue weighted by atomic mass is 10.2. The van der Waals surface area contributed by atoms with Crippen LogP contribution >= 0.6 is 12.4 Å². The molecule has 0 atom stereocenters. The number of para-hydroxylation sites is 1. The highest BCUT2D eigenvalue weighted by molar-refractivity contribution is 7.91. The van der Waals surface area contributed by atoms with Crippen molar-refractivity contribution in [2.45, 2.75) is 23.3 Å². The minimum absolute atomic E-state index is 0. The zero-order valence-electron chi connectivity index (χ0n) is 14.3. The monoisotopic (exact) mass is 382 g/mol. The quantitative estimate of drug-likeness (QED) is 0.709. The van der Waals surface area contributed by atoms with Crippen molar-refractivity contribution >= 4 is 33.1 Å². The fraction of sp³-hybridized carbons (Fsp3) is 0.222. The number of nitrogens with zero attached hydrogens (tertiary/aromatic N) is 1. The molecule has 7 heteroatoms. The Balaban J connectivity index is 0.00000156. The summed E-state index contributed by atoms with van der Waals surface area (Å²) in [5.41, 5.74) is 0.801. The first kappa shape index (κ1) is 21.0. The van der Waals surface area contributed by atoms with Gasteiger partial charge in [-0.15, -0.1) is 12.4 Å². The lowest BCUT2D eigenvalue weighted by Gasteiger charge is -2.10. The molecule has 25 heavy (non-hydrogen) atoms. The van der Waals surface area contributed by atoms with Crippen molar-refractivity contribution < 1.29 is 13.2 Å². The SMILES string of the molecule is CCCOc1cccc2cc(S(=O)(=O)c3ccccc3)n(C)c12.Cl.N. The van der Waals surface area contributed by atoms with Gasteiger partial charge in [-0.05, 0) is 30.7 Å². The van der Waals surface area contributed by atoms with E-state index in [1.165, 1.54) is 0 Å². The van der Waals surface area contributed by atoms with E-state index in [0.29, 0.717) is 17.3 Å². The van der Waals surface area contributed by atoms with Crippen LogP contribution in [0.2, 0.25) is 0 Å². The predicted molar refractivity (Wildman–Crippen MR) is 103 cm³/mol. The van der Waals surface area contributed by atoms with E-state index in [2.05, 4.69) is 0 Å². The Hall–Kier alpha value is -2.02. The minimum Gasteiger partial charge on any atom is -0.491 e. The summed E-state index contributed by atoms with van der Waals surface area (Å²) >= 11 is 0. The van der Waals surface area contributed by atoms with Crippen molar-refractivity contribution in [2.24, 2.45) is 7.05 Å². The Kier molecular flexibility index (Phi) is 7.05. The first-order valence-corrected chi connectivity index (χ1v) is 9.05. The number of rotatable bonds is 5. The third kappa shape index (κ3) is 3.81. The standard InChI is InChI=1S/C18H19NO3S.ClH.H3N/c1-3-12-22-16-11-7-8-14-13-17(19(2)18(14)16)23(20,21)15-9-5-4-6-10-15;;/h4-11,13H,3,12H2,1-2H3;1H;1H3. The predicted octanol–water partition coefficient (Wildman–Crippen LogP) is 4.38. The first-order chi connectivity index (χ1) is 11.1. The Morgan fingerprint density at radius 3 is 2.36 bits per heavy atom. The molecule has 0 radical (unpaired) electrons. The molecule has 1 aromatic heterocycles. The number of fused-ring (bicyclic) bond motifs is 1. The van der Waals surface area contributed by atoms with Gasteiger partial charge in [-0.2, -0.15) is 0 Å². The Morgan fingerprint density at radius 1 is 1.04 bits per heavy atom. The van der Waals surface area contributed by atoms with Gasteiger partial charge in [0.15, 0.2) is 0 Å². The Bertz CT molecular complexity index is 938. The summed E-state index contributed by atoms with van der Waals surface area (Å²) in [5, 5.41) is 1.13. The van der Waals surface area contributed by atoms with E-state index < -0.39 is 9.84 Å². The van der Waals surface area contributed by atoms with Crippen molar-refractivity contribution in [3.63, 3.8) is 0 Å². The molecule has 2 aromatic carbocycles.